The number of likely N-dealkylation sites (tertiary alicyclic amines) is 1. The summed E-state index contributed by atoms with van der Waals surface area (Å²) in [7, 11) is 0. The van der Waals surface area contributed by atoms with Crippen LogP contribution in [-0.4, -0.2) is 42.1 Å². The maximum Gasteiger partial charge on any atom is 0.415 e. The minimum Gasteiger partial charge on any atom is -0.410 e. The topological polar surface area (TPSA) is 32.8 Å². The standard InChI is InChI=1S/C30H35ClN2O2/c1-23(2)21-33(20-17-24-5-7-25(8-6-24)22-32-18-3-4-19-32)30(34)35-29-15-11-27(12-16-29)26-9-13-28(31)14-10-26/h5-16,23H,3-4,17-22H2,1-2H3. The van der Waals surface area contributed by atoms with E-state index >= 15 is 0 Å². The van der Waals surface area contributed by atoms with E-state index in [2.05, 4.69) is 43.0 Å². The van der Waals surface area contributed by atoms with Crippen molar-refractivity contribution in [2.24, 2.45) is 5.92 Å². The number of halogens is 1. The molecule has 0 aliphatic carbocycles. The maximum atomic E-state index is 13.0. The molecule has 0 atom stereocenters. The van der Waals surface area contributed by atoms with Crippen LogP contribution < -0.4 is 4.74 Å². The van der Waals surface area contributed by atoms with Crippen LogP contribution in [-0.2, 0) is 13.0 Å². The first kappa shape index (κ1) is 25.3. The Morgan fingerprint density at radius 1 is 0.886 bits per heavy atom. The molecule has 0 bridgehead atoms. The van der Waals surface area contributed by atoms with Gasteiger partial charge in [0.2, 0.25) is 0 Å². The zero-order chi connectivity index (χ0) is 24.6. The van der Waals surface area contributed by atoms with Crippen LogP contribution in [0.1, 0.15) is 37.8 Å². The second kappa shape index (κ2) is 12.2. The zero-order valence-corrected chi connectivity index (χ0v) is 21.5. The van der Waals surface area contributed by atoms with Crippen molar-refractivity contribution >= 4 is 17.7 Å². The van der Waals surface area contributed by atoms with Crippen LogP contribution in [0.4, 0.5) is 4.79 Å². The third kappa shape index (κ3) is 7.58. The molecule has 4 nitrogen and oxygen atoms in total. The molecule has 1 amide bonds. The van der Waals surface area contributed by atoms with E-state index in [9.17, 15) is 4.79 Å². The first-order valence-electron chi connectivity index (χ1n) is 12.6. The number of carbonyl (C=O) groups excluding carboxylic acids is 1. The molecule has 0 unspecified atom stereocenters. The van der Waals surface area contributed by atoms with Gasteiger partial charge in [0.1, 0.15) is 5.75 Å². The summed E-state index contributed by atoms with van der Waals surface area (Å²) < 4.78 is 5.73. The molecule has 35 heavy (non-hydrogen) atoms. The number of hydrogen-bond acceptors (Lipinski definition) is 3. The molecule has 0 radical (unpaired) electrons. The van der Waals surface area contributed by atoms with E-state index in [1.807, 2.05) is 53.4 Å². The minimum absolute atomic E-state index is 0.302. The van der Waals surface area contributed by atoms with Gasteiger partial charge >= 0.3 is 6.09 Å². The number of ether oxygens (including phenoxy) is 1. The molecule has 0 spiro atoms. The lowest BCUT2D eigenvalue weighted by atomic mass is 10.1. The average molecular weight is 491 g/mol. The van der Waals surface area contributed by atoms with Gasteiger partial charge in [-0.1, -0.05) is 74.0 Å². The number of carbonyl (C=O) groups is 1. The van der Waals surface area contributed by atoms with E-state index in [0.29, 0.717) is 29.8 Å². The lowest BCUT2D eigenvalue weighted by molar-refractivity contribution is 0.147. The summed E-state index contributed by atoms with van der Waals surface area (Å²) in [6, 6.07) is 24.1. The van der Waals surface area contributed by atoms with Crippen molar-refractivity contribution in [1.29, 1.82) is 0 Å². The summed E-state index contributed by atoms with van der Waals surface area (Å²) in [4.78, 5) is 17.3. The molecule has 4 rings (SSSR count). The van der Waals surface area contributed by atoms with Gasteiger partial charge in [0.25, 0.3) is 0 Å². The molecule has 184 valence electrons. The second-order valence-electron chi connectivity index (χ2n) is 9.79. The molecule has 5 heteroatoms. The van der Waals surface area contributed by atoms with Gasteiger partial charge in [0.05, 0.1) is 0 Å². The van der Waals surface area contributed by atoms with Gasteiger partial charge in [-0.3, -0.25) is 4.90 Å². The fourth-order valence-electron chi connectivity index (χ4n) is 4.50. The van der Waals surface area contributed by atoms with Crippen LogP contribution >= 0.6 is 11.6 Å². The van der Waals surface area contributed by atoms with E-state index in [1.165, 1.54) is 37.1 Å². The van der Waals surface area contributed by atoms with Crippen molar-refractivity contribution in [3.8, 4) is 16.9 Å². The summed E-state index contributed by atoms with van der Waals surface area (Å²) in [5, 5.41) is 0.711. The third-order valence-electron chi connectivity index (χ3n) is 6.38. The van der Waals surface area contributed by atoms with Gasteiger partial charge < -0.3 is 9.64 Å². The summed E-state index contributed by atoms with van der Waals surface area (Å²) in [6.07, 6.45) is 3.13. The molecule has 0 aromatic heterocycles. The van der Waals surface area contributed by atoms with Crippen LogP contribution in [0.3, 0.4) is 0 Å². The van der Waals surface area contributed by atoms with Crippen molar-refractivity contribution in [2.45, 2.75) is 39.7 Å². The van der Waals surface area contributed by atoms with Crippen molar-refractivity contribution in [2.75, 3.05) is 26.2 Å². The van der Waals surface area contributed by atoms with E-state index in [1.54, 1.807) is 0 Å². The number of nitrogens with zero attached hydrogens (tertiary/aromatic N) is 2. The number of rotatable bonds is 9. The molecule has 0 N–H and O–H groups in total. The monoisotopic (exact) mass is 490 g/mol. The summed E-state index contributed by atoms with van der Waals surface area (Å²) in [6.45, 7) is 8.97. The fraction of sp³-hybridized carbons (Fsp3) is 0.367. The maximum absolute atomic E-state index is 13.0. The molecule has 3 aromatic carbocycles. The Hall–Kier alpha value is -2.82. The van der Waals surface area contributed by atoms with E-state index in [4.69, 9.17) is 16.3 Å². The quantitative estimate of drug-likeness (QED) is 0.315. The van der Waals surface area contributed by atoms with Gasteiger partial charge in [-0.15, -0.1) is 0 Å². The Morgan fingerprint density at radius 3 is 2.06 bits per heavy atom. The highest BCUT2D eigenvalue weighted by molar-refractivity contribution is 6.30. The Labute approximate surface area is 214 Å². The highest BCUT2D eigenvalue weighted by atomic mass is 35.5. The second-order valence-corrected chi connectivity index (χ2v) is 10.2. The van der Waals surface area contributed by atoms with Crippen LogP contribution in [0.2, 0.25) is 5.02 Å². The molecular formula is C30H35ClN2O2. The SMILES string of the molecule is CC(C)CN(CCc1ccc(CN2CCCC2)cc1)C(=O)Oc1ccc(-c2ccc(Cl)cc2)cc1. The molecule has 1 saturated heterocycles. The third-order valence-corrected chi connectivity index (χ3v) is 6.63. The van der Waals surface area contributed by atoms with Crippen LogP contribution in [0.15, 0.2) is 72.8 Å². The molecule has 1 aliphatic rings. The van der Waals surface area contributed by atoms with E-state index in [0.717, 1.165) is 24.1 Å². The van der Waals surface area contributed by atoms with Crippen LogP contribution in [0, 0.1) is 5.92 Å². The van der Waals surface area contributed by atoms with Crippen molar-refractivity contribution in [1.82, 2.24) is 9.80 Å². The first-order valence-corrected chi connectivity index (χ1v) is 13.0. The van der Waals surface area contributed by atoms with Gasteiger partial charge in [-0.2, -0.15) is 0 Å². The smallest absolute Gasteiger partial charge is 0.410 e. The number of amides is 1. The van der Waals surface area contributed by atoms with Gasteiger partial charge in [-0.05, 0) is 84.8 Å². The van der Waals surface area contributed by atoms with Crippen LogP contribution in [0.25, 0.3) is 11.1 Å². The number of benzene rings is 3. The lowest BCUT2D eigenvalue weighted by Gasteiger charge is -2.24. The van der Waals surface area contributed by atoms with Crippen molar-refractivity contribution in [3.05, 3.63) is 88.9 Å². The fourth-order valence-corrected chi connectivity index (χ4v) is 4.62. The molecular weight excluding hydrogens is 456 g/mol. The van der Waals surface area contributed by atoms with Crippen molar-refractivity contribution < 1.29 is 9.53 Å². The Morgan fingerprint density at radius 2 is 1.46 bits per heavy atom. The summed E-state index contributed by atoms with van der Waals surface area (Å²) >= 11 is 5.99. The van der Waals surface area contributed by atoms with Gasteiger partial charge in [-0.25, -0.2) is 4.79 Å². The molecule has 1 heterocycles. The Kier molecular flexibility index (Phi) is 8.84. The minimum atomic E-state index is -0.302. The predicted molar refractivity (Wildman–Crippen MR) is 144 cm³/mol. The van der Waals surface area contributed by atoms with Crippen LogP contribution in [0.5, 0.6) is 5.75 Å². The zero-order valence-electron chi connectivity index (χ0n) is 20.8. The van der Waals surface area contributed by atoms with E-state index in [-0.39, 0.29) is 6.09 Å². The summed E-state index contributed by atoms with van der Waals surface area (Å²) in [5.41, 5.74) is 4.72. The first-order chi connectivity index (χ1) is 17.0. The molecule has 3 aromatic rings. The Balaban J connectivity index is 1.33. The lowest BCUT2D eigenvalue weighted by Crippen LogP contribution is -2.37. The van der Waals surface area contributed by atoms with Gasteiger partial charge in [0, 0.05) is 24.7 Å². The van der Waals surface area contributed by atoms with Crippen molar-refractivity contribution in [3.63, 3.8) is 0 Å². The predicted octanol–water partition coefficient (Wildman–Crippen LogP) is 7.30. The normalized spacial score (nSPS) is 13.8. The number of hydrogen-bond donors (Lipinski definition) is 0. The molecule has 1 aliphatic heterocycles. The Bertz CT molecular complexity index is 1070. The van der Waals surface area contributed by atoms with E-state index < -0.39 is 0 Å². The molecule has 0 saturated carbocycles. The summed E-state index contributed by atoms with van der Waals surface area (Å²) in [5.74, 6) is 0.908. The largest absolute Gasteiger partial charge is 0.415 e. The van der Waals surface area contributed by atoms with Gasteiger partial charge in [0.15, 0.2) is 0 Å². The highest BCUT2D eigenvalue weighted by Gasteiger charge is 2.18. The highest BCUT2D eigenvalue weighted by Crippen LogP contribution is 2.24. The average Bonchev–Trinajstić information content (AvgIpc) is 3.36. The molecule has 1 fully saturated rings.